The third kappa shape index (κ3) is 8.85. The Hall–Kier alpha value is -7.15. The zero-order valence-corrected chi connectivity index (χ0v) is 46.1. The summed E-state index contributed by atoms with van der Waals surface area (Å²) in [5, 5.41) is 115. The lowest BCUT2D eigenvalue weighted by molar-refractivity contribution is -0.201. The molecule has 0 spiro atoms. The van der Waals surface area contributed by atoms with E-state index in [-0.39, 0.29) is 78.9 Å². The van der Waals surface area contributed by atoms with Crippen molar-refractivity contribution in [1.82, 2.24) is 20.9 Å². The van der Waals surface area contributed by atoms with E-state index in [1.54, 1.807) is 64.0 Å². The van der Waals surface area contributed by atoms with Crippen molar-refractivity contribution in [3.8, 4) is 11.5 Å². The Morgan fingerprint density at radius 2 is 1.10 bits per heavy atom. The van der Waals surface area contributed by atoms with E-state index in [0.29, 0.717) is 34.6 Å². The average molecular weight is 1100 g/mol. The van der Waals surface area contributed by atoms with Gasteiger partial charge in [-0.15, -0.1) is 0 Å². The third-order valence-corrected chi connectivity index (χ3v) is 16.6. The van der Waals surface area contributed by atoms with Gasteiger partial charge in [0.1, 0.15) is 34.2 Å². The highest BCUT2D eigenvalue weighted by Crippen LogP contribution is 2.57. The van der Waals surface area contributed by atoms with Gasteiger partial charge in [-0.3, -0.25) is 38.5 Å². The molecule has 0 heterocycles. The summed E-state index contributed by atoms with van der Waals surface area (Å²) in [7, 11) is 9.57. The number of benzene rings is 2. The smallest absolute Gasteiger partial charge is 0.258 e. The number of hydrogen-bond donors (Lipinski definition) is 13. The van der Waals surface area contributed by atoms with Crippen molar-refractivity contribution in [3.63, 3.8) is 0 Å². The van der Waals surface area contributed by atoms with Crippen LogP contribution in [0.5, 0.6) is 11.5 Å². The van der Waals surface area contributed by atoms with Crippen LogP contribution < -0.4 is 31.5 Å². The summed E-state index contributed by atoms with van der Waals surface area (Å²) in [5.74, 6) is -19.8. The first-order chi connectivity index (χ1) is 36.5. The molecule has 2 aromatic carbocycles. The minimum absolute atomic E-state index is 0.0262. The number of nitrogens with zero attached hydrogens (tertiary/aromatic N) is 3. The second kappa shape index (κ2) is 19.6. The molecule has 7 atom stereocenters. The standard InChI is InChI=1S/C56H71N7O16/c1-52(2,3)20-58-18-25-15-31(62(8)9)28-13-24-17-32-55(78,46(71)34(24)43(68)36(28)39(25)64)48(73)38(49(74)56(32,79)63(10)11)51(76)60-22-53(4,5)21-59-19-26-16-30(61(6)7)27-12-23-14-29-41(66)44(69)37(50(57)75)47(72)54(29,77)45(70)33(23)42(67)35(27)40(26)65/h15-16,23-24,29,32,58-59,64-65,69-71,74,77-79H,12-14,17-22H2,1-11H3,(H2,57,75)(H,60,76)/t23-,24-,29-,32+,54-,55-,56+/m0/s1. The molecule has 2 aromatic rings. The first-order valence-electron chi connectivity index (χ1n) is 25.9. The van der Waals surface area contributed by atoms with Crippen molar-refractivity contribution in [1.29, 1.82) is 0 Å². The highest BCUT2D eigenvalue weighted by atomic mass is 16.4. The highest BCUT2D eigenvalue weighted by Gasteiger charge is 2.69. The number of fused-ring (bicyclic) bond motifs is 6. The van der Waals surface area contributed by atoms with Gasteiger partial charge in [0, 0.05) is 94.6 Å². The van der Waals surface area contributed by atoms with Crippen LogP contribution in [0.25, 0.3) is 0 Å². The molecule has 0 saturated carbocycles. The van der Waals surface area contributed by atoms with Crippen molar-refractivity contribution < 1.29 is 79.5 Å². The van der Waals surface area contributed by atoms with Gasteiger partial charge in [-0.05, 0) is 85.7 Å². The minimum atomic E-state index is -3.12. The number of aliphatic hydroxyl groups is 7. The van der Waals surface area contributed by atoms with Crippen LogP contribution in [0.2, 0.25) is 0 Å². The Kier molecular flexibility index (Phi) is 14.4. The van der Waals surface area contributed by atoms with E-state index < -0.39 is 139 Å². The Morgan fingerprint density at radius 1 is 0.646 bits per heavy atom. The predicted molar refractivity (Wildman–Crippen MR) is 285 cm³/mol. The fraction of sp³-hybridized carbons (Fsp3) is 0.518. The number of Topliss-reactive ketones (excluding diaryl/α,β-unsaturated/α-hetero) is 5. The average Bonchev–Trinajstić information content (AvgIpc) is 3.45. The van der Waals surface area contributed by atoms with Gasteiger partial charge < -0.3 is 77.4 Å². The molecule has 0 aromatic heterocycles. The number of amides is 2. The van der Waals surface area contributed by atoms with E-state index in [0.717, 1.165) is 4.90 Å². The fourth-order valence-electron chi connectivity index (χ4n) is 12.5. The molecular weight excluding hydrogens is 1030 g/mol. The van der Waals surface area contributed by atoms with Gasteiger partial charge >= 0.3 is 0 Å². The topological polar surface area (TPSA) is 373 Å². The van der Waals surface area contributed by atoms with Crippen molar-refractivity contribution >= 4 is 52.1 Å². The number of rotatable bonds is 14. The minimum Gasteiger partial charge on any atom is -0.508 e. The summed E-state index contributed by atoms with van der Waals surface area (Å²) < 4.78 is 0. The number of anilines is 2. The Bertz CT molecular complexity index is 3220. The first-order valence-corrected chi connectivity index (χ1v) is 25.9. The number of nitrogens with one attached hydrogen (secondary N) is 3. The molecule has 8 rings (SSSR count). The largest absolute Gasteiger partial charge is 0.508 e. The molecular formula is C56H71N7O16. The molecule has 0 fully saturated rings. The maximum Gasteiger partial charge on any atom is 0.258 e. The number of carbonyl (C=O) groups is 7. The van der Waals surface area contributed by atoms with Gasteiger partial charge in [-0.25, -0.2) is 0 Å². The molecule has 79 heavy (non-hydrogen) atoms. The van der Waals surface area contributed by atoms with Gasteiger partial charge in [0.25, 0.3) is 11.8 Å². The molecule has 2 amide bonds. The van der Waals surface area contributed by atoms with Crippen LogP contribution in [0.4, 0.5) is 11.4 Å². The van der Waals surface area contributed by atoms with Crippen molar-refractivity contribution in [2.24, 2.45) is 40.2 Å². The molecule has 23 nitrogen and oxygen atoms in total. The molecule has 0 radical (unpaired) electrons. The number of hydrogen-bond acceptors (Lipinski definition) is 21. The van der Waals surface area contributed by atoms with Crippen LogP contribution in [0.3, 0.4) is 0 Å². The van der Waals surface area contributed by atoms with Crippen molar-refractivity contribution in [2.45, 2.75) is 90.3 Å². The molecule has 0 unspecified atom stereocenters. The first kappa shape index (κ1) is 58.0. The number of phenols is 2. The maximum atomic E-state index is 14.7. The number of allylic oxidation sites excluding steroid dienone is 3. The summed E-state index contributed by atoms with van der Waals surface area (Å²) >= 11 is 0. The van der Waals surface area contributed by atoms with E-state index >= 15 is 0 Å². The zero-order chi connectivity index (χ0) is 58.9. The number of ketones is 5. The SMILES string of the molecule is CN(C)c1cc(CNCC(C)(C)C)c(O)c2c1C[C@H]1C[C@@H]3[C@@](O)(C(=O)C(C(=O)NCC(C)(C)CNCc4cc(N(C)C)c5c(c4O)C(=O)C4=C(O)[C@]6(O)C(=O)C(C(N)=O)=C(O)C(=O)[C@@H]6C[C@@H]4C5)=C(O)[C@@]3(O)N(C)C)C(O)=C1C2=O. The lowest BCUT2D eigenvalue weighted by atomic mass is 9.57. The quantitative estimate of drug-likeness (QED) is 0.0934. The number of aromatic hydroxyl groups is 2. The van der Waals surface area contributed by atoms with Crippen molar-refractivity contribution in [3.05, 3.63) is 90.8 Å². The summed E-state index contributed by atoms with van der Waals surface area (Å²) in [5.41, 5.74) is -5.83. The fourth-order valence-corrected chi connectivity index (χ4v) is 12.5. The summed E-state index contributed by atoms with van der Waals surface area (Å²) in [6.07, 6.45) is -0.765. The highest BCUT2D eigenvalue weighted by molar-refractivity contribution is 6.31. The zero-order valence-electron chi connectivity index (χ0n) is 46.1. The molecule has 426 valence electrons. The third-order valence-electron chi connectivity index (χ3n) is 16.6. The van der Waals surface area contributed by atoms with E-state index in [9.17, 15) is 79.5 Å². The van der Waals surface area contributed by atoms with E-state index in [1.165, 1.54) is 14.1 Å². The second-order valence-corrected chi connectivity index (χ2v) is 24.5. The van der Waals surface area contributed by atoms with Crippen LogP contribution >= 0.6 is 0 Å². The normalized spacial score (nSPS) is 26.9. The van der Waals surface area contributed by atoms with E-state index in [2.05, 4.69) is 16.0 Å². The van der Waals surface area contributed by atoms with Crippen LogP contribution in [0.15, 0.2) is 57.5 Å². The lowest BCUT2D eigenvalue weighted by Crippen LogP contribution is -2.70. The number of aliphatic hydroxyl groups excluding tert-OH is 4. The Morgan fingerprint density at radius 3 is 1.56 bits per heavy atom. The lowest BCUT2D eigenvalue weighted by Gasteiger charge is -2.54. The number of nitrogens with two attached hydrogens (primary N) is 1. The Balaban J connectivity index is 1.04. The monoisotopic (exact) mass is 1100 g/mol. The Labute approximate surface area is 455 Å². The summed E-state index contributed by atoms with van der Waals surface area (Å²) in [6.45, 7) is 9.95. The van der Waals surface area contributed by atoms with Crippen LogP contribution in [-0.2, 0) is 49.9 Å². The van der Waals surface area contributed by atoms with Gasteiger partial charge in [-0.1, -0.05) is 34.6 Å². The molecule has 6 aliphatic rings. The van der Waals surface area contributed by atoms with Crippen LogP contribution in [0.1, 0.15) is 90.4 Å². The molecule has 0 bridgehead atoms. The van der Waals surface area contributed by atoms with E-state index in [4.69, 9.17) is 5.73 Å². The van der Waals surface area contributed by atoms with E-state index in [1.807, 2.05) is 20.8 Å². The van der Waals surface area contributed by atoms with Crippen LogP contribution in [-0.4, -0.2) is 170 Å². The molecule has 14 N–H and O–H groups in total. The molecule has 0 saturated heterocycles. The van der Waals surface area contributed by atoms with Gasteiger partial charge in [-0.2, -0.15) is 0 Å². The second-order valence-electron chi connectivity index (χ2n) is 24.5. The number of carbonyl (C=O) groups excluding carboxylic acids is 7. The van der Waals surface area contributed by atoms with Gasteiger partial charge in [0.2, 0.25) is 17.3 Å². The maximum absolute atomic E-state index is 14.7. The number of likely N-dealkylation sites (N-methyl/N-ethyl adjacent to an activating group) is 1. The summed E-state index contributed by atoms with van der Waals surface area (Å²) in [4.78, 5) is 101. The van der Waals surface area contributed by atoms with Gasteiger partial charge in [0.15, 0.2) is 40.0 Å². The van der Waals surface area contributed by atoms with Crippen molar-refractivity contribution in [2.75, 3.05) is 71.7 Å². The molecule has 0 aliphatic heterocycles. The number of primary amides is 1. The van der Waals surface area contributed by atoms with Crippen LogP contribution in [0, 0.1) is 34.5 Å². The molecule has 23 heteroatoms. The van der Waals surface area contributed by atoms with Gasteiger partial charge in [0.05, 0.1) is 23.0 Å². The molecule has 6 aliphatic carbocycles. The summed E-state index contributed by atoms with van der Waals surface area (Å²) in [6, 6.07) is 3.37. The number of phenolic OH excluding ortho intramolecular Hbond substituents is 2. The predicted octanol–water partition coefficient (Wildman–Crippen LogP) is 1.23.